The fourth-order valence-electron chi connectivity index (χ4n) is 7.80. The van der Waals surface area contributed by atoms with Crippen molar-refractivity contribution in [3.05, 3.63) is 58.7 Å². The molecule has 0 bridgehead atoms. The minimum atomic E-state index is -3.73. The Kier molecular flexibility index (Phi) is 9.41. The second-order valence-electron chi connectivity index (χ2n) is 15.3. The number of benzene rings is 2. The number of carbonyl (C=O) groups excluding carboxylic acids is 3. The number of carbonyl (C=O) groups is 3. The van der Waals surface area contributed by atoms with Gasteiger partial charge in [0.1, 0.15) is 11.4 Å². The number of ether oxygens (including phenoxy) is 2. The number of nitrogens with zero attached hydrogens (tertiary/aromatic N) is 3. The topological polar surface area (TPSA) is 127 Å². The largest absolute Gasteiger partial charge is 0.497 e. The Hall–Kier alpha value is -4.32. The highest BCUT2D eigenvalue weighted by atomic mass is 32.2. The first kappa shape index (κ1) is 35.1. The Morgan fingerprint density at radius 2 is 1.59 bits per heavy atom. The van der Waals surface area contributed by atoms with Crippen LogP contribution in [0.15, 0.2) is 42.0 Å². The van der Waals surface area contributed by atoms with Gasteiger partial charge in [-0.15, -0.1) is 0 Å². The average molecular weight is 717 g/mol. The maximum atomic E-state index is 14.5. The van der Waals surface area contributed by atoms with Gasteiger partial charge >= 0.3 is 6.09 Å². The number of nitrogens with one attached hydrogen (secondary N) is 1. The molecule has 4 aliphatic rings. The second-order valence-corrected chi connectivity index (χ2v) is 17.3. The van der Waals surface area contributed by atoms with E-state index in [1.807, 2.05) is 49.9 Å². The van der Waals surface area contributed by atoms with Crippen LogP contribution in [-0.2, 0) is 26.1 Å². The molecule has 7 rings (SSSR count). The van der Waals surface area contributed by atoms with E-state index in [4.69, 9.17) is 9.47 Å². The van der Waals surface area contributed by atoms with Gasteiger partial charge in [-0.3, -0.25) is 9.59 Å². The van der Waals surface area contributed by atoms with Crippen molar-refractivity contribution >= 4 is 44.9 Å². The minimum absolute atomic E-state index is 0.117. The van der Waals surface area contributed by atoms with E-state index >= 15 is 0 Å². The van der Waals surface area contributed by atoms with Crippen LogP contribution >= 0.6 is 0 Å². The molecule has 3 amide bonds. The summed E-state index contributed by atoms with van der Waals surface area (Å²) in [7, 11) is -2.11. The van der Waals surface area contributed by atoms with E-state index in [9.17, 15) is 22.8 Å². The van der Waals surface area contributed by atoms with Gasteiger partial charge in [0.25, 0.3) is 11.8 Å². The molecular formula is C39H48N4O7S. The lowest BCUT2D eigenvalue weighted by molar-refractivity contribution is -0.127. The summed E-state index contributed by atoms with van der Waals surface area (Å²) in [4.78, 5) is 44.3. The number of amides is 3. The summed E-state index contributed by atoms with van der Waals surface area (Å²) in [6, 6.07) is 11.4. The van der Waals surface area contributed by atoms with Crippen molar-refractivity contribution in [3.63, 3.8) is 0 Å². The number of rotatable bonds is 6. The lowest BCUT2D eigenvalue weighted by Crippen LogP contribution is -2.40. The van der Waals surface area contributed by atoms with E-state index in [0.717, 1.165) is 53.4 Å². The van der Waals surface area contributed by atoms with Gasteiger partial charge in [0, 0.05) is 53.8 Å². The number of hydrogen-bond acceptors (Lipinski definition) is 7. The average Bonchev–Trinajstić information content (AvgIpc) is 3.95. The third kappa shape index (κ3) is 7.24. The Bertz CT molecular complexity index is 2020. The molecule has 12 heteroatoms. The smallest absolute Gasteiger partial charge is 0.410 e. The maximum Gasteiger partial charge on any atom is 0.410 e. The Morgan fingerprint density at radius 3 is 2.29 bits per heavy atom. The summed E-state index contributed by atoms with van der Waals surface area (Å²) in [5.74, 6) is 0.208. The molecule has 1 saturated heterocycles. The number of hydrogen-bond donors (Lipinski definition) is 1. The summed E-state index contributed by atoms with van der Waals surface area (Å²) in [5, 5.41) is 0.492. The normalized spacial score (nSPS) is 18.6. The number of sulfonamides is 1. The van der Waals surface area contributed by atoms with Crippen molar-refractivity contribution in [3.8, 4) is 17.0 Å². The first-order valence-corrected chi connectivity index (χ1v) is 19.8. The number of fused-ring (bicyclic) bond motifs is 5. The monoisotopic (exact) mass is 716 g/mol. The van der Waals surface area contributed by atoms with Gasteiger partial charge in [-0.2, -0.15) is 0 Å². The molecule has 0 unspecified atom stereocenters. The molecular weight excluding hydrogens is 669 g/mol. The van der Waals surface area contributed by atoms with Gasteiger partial charge in [0.05, 0.1) is 24.6 Å². The summed E-state index contributed by atoms with van der Waals surface area (Å²) >= 11 is 0. The van der Waals surface area contributed by atoms with Crippen LogP contribution in [0.25, 0.3) is 28.2 Å². The van der Waals surface area contributed by atoms with Gasteiger partial charge in [0.15, 0.2) is 0 Å². The minimum Gasteiger partial charge on any atom is -0.497 e. The van der Waals surface area contributed by atoms with Crippen LogP contribution in [0.3, 0.4) is 0 Å². The number of methoxy groups -OCH3 is 1. The SMILES string of the molecule is COc1ccc2c(c1)C=C(C(=O)N1CCCN(C(=O)OC(C)(C)C)CC1)Cn1c-2c(C2CCCCC2)c2ccc(C(=O)NS(=O)(=O)C3CC3)cc21. The molecule has 2 aliphatic heterocycles. The van der Waals surface area contributed by atoms with Gasteiger partial charge in [-0.1, -0.05) is 25.3 Å². The fourth-order valence-corrected chi connectivity index (χ4v) is 9.09. The summed E-state index contributed by atoms with van der Waals surface area (Å²) in [6.45, 7) is 7.50. The van der Waals surface area contributed by atoms with Crippen LogP contribution in [0.1, 0.15) is 99.5 Å². The molecule has 2 saturated carbocycles. The molecule has 3 aromatic rings. The molecule has 1 N–H and O–H groups in total. The molecule has 3 fully saturated rings. The molecule has 0 radical (unpaired) electrons. The van der Waals surface area contributed by atoms with E-state index < -0.39 is 26.8 Å². The third-order valence-electron chi connectivity index (χ3n) is 10.5. The van der Waals surface area contributed by atoms with Crippen LogP contribution in [-0.4, -0.2) is 84.8 Å². The highest BCUT2D eigenvalue weighted by Gasteiger charge is 2.37. The van der Waals surface area contributed by atoms with Crippen molar-refractivity contribution in [1.29, 1.82) is 0 Å². The molecule has 272 valence electrons. The summed E-state index contributed by atoms with van der Waals surface area (Å²) in [5.41, 5.74) is 5.08. The van der Waals surface area contributed by atoms with Crippen LogP contribution in [0.4, 0.5) is 4.79 Å². The van der Waals surface area contributed by atoms with Crippen molar-refractivity contribution in [1.82, 2.24) is 19.1 Å². The van der Waals surface area contributed by atoms with E-state index in [2.05, 4.69) is 15.4 Å². The lowest BCUT2D eigenvalue weighted by atomic mass is 9.81. The molecule has 3 heterocycles. The summed E-state index contributed by atoms with van der Waals surface area (Å²) in [6.07, 6.45) is 8.85. The molecule has 11 nitrogen and oxygen atoms in total. The van der Waals surface area contributed by atoms with E-state index in [1.165, 1.54) is 12.0 Å². The molecule has 51 heavy (non-hydrogen) atoms. The quantitative estimate of drug-likeness (QED) is 0.311. The first-order chi connectivity index (χ1) is 24.3. The molecule has 0 spiro atoms. The van der Waals surface area contributed by atoms with Gasteiger partial charge in [-0.05, 0) is 106 Å². The molecule has 2 aromatic carbocycles. The summed E-state index contributed by atoms with van der Waals surface area (Å²) < 4.78 is 41.1. The van der Waals surface area contributed by atoms with Crippen LogP contribution in [0.2, 0.25) is 0 Å². The molecule has 1 aromatic heterocycles. The second kappa shape index (κ2) is 13.7. The Labute approximate surface area is 300 Å². The predicted molar refractivity (Wildman–Crippen MR) is 196 cm³/mol. The number of aromatic nitrogens is 1. The lowest BCUT2D eigenvalue weighted by Gasteiger charge is -2.26. The Balaban J connectivity index is 1.30. The van der Waals surface area contributed by atoms with Crippen LogP contribution < -0.4 is 9.46 Å². The van der Waals surface area contributed by atoms with Crippen molar-refractivity contribution in [2.24, 2.45) is 0 Å². The van der Waals surface area contributed by atoms with Gasteiger partial charge in [-0.25, -0.2) is 17.9 Å². The molecule has 2 aliphatic carbocycles. The van der Waals surface area contributed by atoms with Crippen LogP contribution in [0.5, 0.6) is 5.75 Å². The van der Waals surface area contributed by atoms with Crippen molar-refractivity contribution < 1.29 is 32.3 Å². The van der Waals surface area contributed by atoms with Crippen molar-refractivity contribution in [2.75, 3.05) is 33.3 Å². The first-order valence-electron chi connectivity index (χ1n) is 18.2. The standard InChI is InChI=1S/C39H48N4O7S/c1-39(2,3)50-38(46)42-18-8-17-41(19-20-42)37(45)28-21-27-22-29(49-4)12-16-31(27)35-34(25-9-6-5-7-10-25)32-15-11-26(23-33(32)43(35)24-28)36(44)40-51(47,48)30-13-14-30/h11-12,15-16,21-23,25,30H,5-10,13-14,17-20,24H2,1-4H3,(H,40,44). The van der Waals surface area contributed by atoms with E-state index in [-0.39, 0.29) is 24.1 Å². The van der Waals surface area contributed by atoms with Crippen molar-refractivity contribution in [2.45, 2.75) is 95.5 Å². The zero-order chi connectivity index (χ0) is 36.1. The highest BCUT2D eigenvalue weighted by Crippen LogP contribution is 2.47. The molecule has 0 atom stereocenters. The Morgan fingerprint density at radius 1 is 0.863 bits per heavy atom. The highest BCUT2D eigenvalue weighted by molar-refractivity contribution is 7.91. The fraction of sp³-hybridized carbons (Fsp3) is 0.513. The zero-order valence-electron chi connectivity index (χ0n) is 30.0. The van der Waals surface area contributed by atoms with Crippen LogP contribution in [0, 0.1) is 0 Å². The van der Waals surface area contributed by atoms with E-state index in [1.54, 1.807) is 24.1 Å². The zero-order valence-corrected chi connectivity index (χ0v) is 30.8. The van der Waals surface area contributed by atoms with E-state index in [0.29, 0.717) is 62.7 Å². The third-order valence-corrected chi connectivity index (χ3v) is 12.3. The predicted octanol–water partition coefficient (Wildman–Crippen LogP) is 6.45. The van der Waals surface area contributed by atoms with Gasteiger partial charge in [0.2, 0.25) is 10.0 Å². The van der Waals surface area contributed by atoms with Gasteiger partial charge < -0.3 is 23.8 Å². The maximum absolute atomic E-state index is 14.5.